The van der Waals surface area contributed by atoms with Gasteiger partial charge in [-0.3, -0.25) is 0 Å². The lowest BCUT2D eigenvalue weighted by Gasteiger charge is -2.26. The summed E-state index contributed by atoms with van der Waals surface area (Å²) in [4.78, 5) is 17.2. The highest BCUT2D eigenvalue weighted by atomic mass is 19.1. The van der Waals surface area contributed by atoms with Crippen molar-refractivity contribution in [1.29, 1.82) is 0 Å². The molecule has 1 atom stereocenters. The number of rotatable bonds is 9. The predicted octanol–water partition coefficient (Wildman–Crippen LogP) is 4.41. The second-order valence-electron chi connectivity index (χ2n) is 8.76. The van der Waals surface area contributed by atoms with Gasteiger partial charge in [0.15, 0.2) is 0 Å². The van der Waals surface area contributed by atoms with Crippen LogP contribution >= 0.6 is 0 Å². The standard InChI is InChI=1S/C25H34FN3O2/c1-19(2)31-18-22-6-4-20(5-7-22)14-27-25(30)29(17-23-12-13-28(3)15-23)16-21-8-10-24(26)11-9-21/h4-11,19,23H,12-18H2,1-3H3,(H,27,30)/t23-/m1/s1. The molecule has 31 heavy (non-hydrogen) atoms. The van der Waals surface area contributed by atoms with E-state index in [1.165, 1.54) is 12.1 Å². The van der Waals surface area contributed by atoms with Crippen LogP contribution in [0.3, 0.4) is 0 Å². The van der Waals surface area contributed by atoms with Gasteiger partial charge in [-0.1, -0.05) is 36.4 Å². The van der Waals surface area contributed by atoms with E-state index in [1.54, 1.807) is 12.1 Å². The van der Waals surface area contributed by atoms with E-state index in [-0.39, 0.29) is 18.0 Å². The molecule has 1 aliphatic rings. The van der Waals surface area contributed by atoms with Crippen LogP contribution < -0.4 is 5.32 Å². The maximum absolute atomic E-state index is 13.3. The van der Waals surface area contributed by atoms with Gasteiger partial charge in [-0.05, 0) is 68.6 Å². The molecule has 1 saturated heterocycles. The molecule has 1 N–H and O–H groups in total. The Morgan fingerprint density at radius 2 is 1.77 bits per heavy atom. The SMILES string of the molecule is CC(C)OCc1ccc(CNC(=O)N(Cc2ccc(F)cc2)C[C@@H]2CCN(C)C2)cc1. The normalized spacial score (nSPS) is 16.6. The highest BCUT2D eigenvalue weighted by Crippen LogP contribution is 2.18. The molecule has 0 unspecified atom stereocenters. The molecule has 3 rings (SSSR count). The van der Waals surface area contributed by atoms with Gasteiger partial charge in [0.1, 0.15) is 5.82 Å². The molecule has 0 saturated carbocycles. The predicted molar refractivity (Wildman–Crippen MR) is 121 cm³/mol. The molecule has 0 aliphatic carbocycles. The molecule has 1 fully saturated rings. The van der Waals surface area contributed by atoms with E-state index in [1.807, 2.05) is 43.0 Å². The van der Waals surface area contributed by atoms with E-state index < -0.39 is 0 Å². The molecule has 168 valence electrons. The van der Waals surface area contributed by atoms with Crippen LogP contribution in [0.5, 0.6) is 0 Å². The van der Waals surface area contributed by atoms with Crippen molar-refractivity contribution in [2.45, 2.75) is 46.1 Å². The summed E-state index contributed by atoms with van der Waals surface area (Å²) in [7, 11) is 2.11. The average Bonchev–Trinajstić information content (AvgIpc) is 3.17. The minimum absolute atomic E-state index is 0.0916. The zero-order valence-corrected chi connectivity index (χ0v) is 18.8. The number of nitrogens with one attached hydrogen (secondary N) is 1. The molecule has 0 aromatic heterocycles. The number of amides is 2. The number of likely N-dealkylation sites (tertiary alicyclic amines) is 1. The van der Waals surface area contributed by atoms with Crippen LogP contribution in [0, 0.1) is 11.7 Å². The van der Waals surface area contributed by atoms with Crippen LogP contribution in [0.1, 0.15) is 37.0 Å². The van der Waals surface area contributed by atoms with Gasteiger partial charge in [-0.25, -0.2) is 9.18 Å². The third kappa shape index (κ3) is 7.64. The van der Waals surface area contributed by atoms with Crippen LogP contribution in [-0.2, 0) is 24.4 Å². The van der Waals surface area contributed by atoms with E-state index in [0.29, 0.717) is 32.2 Å². The summed E-state index contributed by atoms with van der Waals surface area (Å²) < 4.78 is 18.9. The average molecular weight is 428 g/mol. The minimum atomic E-state index is -0.264. The number of nitrogens with zero attached hydrogens (tertiary/aromatic N) is 2. The summed E-state index contributed by atoms with van der Waals surface area (Å²) >= 11 is 0. The number of urea groups is 1. The summed E-state index contributed by atoms with van der Waals surface area (Å²) in [5, 5.41) is 3.05. The summed E-state index contributed by atoms with van der Waals surface area (Å²) in [5.74, 6) is 0.191. The topological polar surface area (TPSA) is 44.8 Å². The van der Waals surface area contributed by atoms with Crippen LogP contribution in [0.15, 0.2) is 48.5 Å². The summed E-state index contributed by atoms with van der Waals surface area (Å²) in [6.45, 7) is 8.31. The van der Waals surface area contributed by atoms with Gasteiger partial charge in [-0.2, -0.15) is 0 Å². The van der Waals surface area contributed by atoms with E-state index in [4.69, 9.17) is 4.74 Å². The van der Waals surface area contributed by atoms with Crippen LogP contribution in [-0.4, -0.2) is 48.6 Å². The quantitative estimate of drug-likeness (QED) is 0.645. The highest BCUT2D eigenvalue weighted by Gasteiger charge is 2.24. The molecule has 6 heteroatoms. The zero-order chi connectivity index (χ0) is 22.2. The van der Waals surface area contributed by atoms with E-state index in [2.05, 4.69) is 17.3 Å². The first kappa shape index (κ1) is 23.2. The number of hydrogen-bond donors (Lipinski definition) is 1. The lowest BCUT2D eigenvalue weighted by atomic mass is 10.1. The Labute approximate surface area is 185 Å². The van der Waals surface area contributed by atoms with Crippen molar-refractivity contribution in [3.05, 3.63) is 71.0 Å². The lowest BCUT2D eigenvalue weighted by Crippen LogP contribution is -2.42. The second-order valence-corrected chi connectivity index (χ2v) is 8.76. The van der Waals surface area contributed by atoms with Gasteiger partial charge in [0.25, 0.3) is 0 Å². The fraction of sp³-hybridized carbons (Fsp3) is 0.480. The van der Waals surface area contributed by atoms with Crippen molar-refractivity contribution in [2.75, 3.05) is 26.7 Å². The van der Waals surface area contributed by atoms with Crippen LogP contribution in [0.25, 0.3) is 0 Å². The molecule has 2 aromatic carbocycles. The zero-order valence-electron chi connectivity index (χ0n) is 18.8. The molecule has 1 aliphatic heterocycles. The number of benzene rings is 2. The Bertz CT molecular complexity index is 824. The van der Waals surface area contributed by atoms with Crippen molar-refractivity contribution in [1.82, 2.24) is 15.1 Å². The molecule has 0 radical (unpaired) electrons. The Hall–Kier alpha value is -2.44. The van der Waals surface area contributed by atoms with Crippen LogP contribution in [0.4, 0.5) is 9.18 Å². The Morgan fingerprint density at radius 1 is 1.13 bits per heavy atom. The van der Waals surface area contributed by atoms with Gasteiger partial charge in [0, 0.05) is 26.2 Å². The number of ether oxygens (including phenoxy) is 1. The minimum Gasteiger partial charge on any atom is -0.374 e. The Kier molecular flexibility index (Phi) is 8.43. The van der Waals surface area contributed by atoms with Gasteiger partial charge in [0.05, 0.1) is 12.7 Å². The van der Waals surface area contributed by atoms with Crippen molar-refractivity contribution in [3.8, 4) is 0 Å². The van der Waals surface area contributed by atoms with Gasteiger partial charge < -0.3 is 19.9 Å². The number of hydrogen-bond acceptors (Lipinski definition) is 3. The fourth-order valence-corrected chi connectivity index (χ4v) is 3.82. The Morgan fingerprint density at radius 3 is 2.39 bits per heavy atom. The first-order valence-electron chi connectivity index (χ1n) is 11.0. The summed E-state index contributed by atoms with van der Waals surface area (Å²) in [6.07, 6.45) is 1.29. The molecule has 0 spiro atoms. The number of halogens is 1. The maximum atomic E-state index is 13.3. The monoisotopic (exact) mass is 427 g/mol. The molecule has 1 heterocycles. The van der Waals surface area contributed by atoms with Gasteiger partial charge >= 0.3 is 6.03 Å². The third-order valence-corrected chi connectivity index (χ3v) is 5.59. The first-order valence-corrected chi connectivity index (χ1v) is 11.0. The number of carbonyl (C=O) groups is 1. The summed E-state index contributed by atoms with van der Waals surface area (Å²) in [5.41, 5.74) is 3.09. The number of carbonyl (C=O) groups excluding carboxylic acids is 1. The third-order valence-electron chi connectivity index (χ3n) is 5.59. The molecule has 5 nitrogen and oxygen atoms in total. The van der Waals surface area contributed by atoms with Crippen molar-refractivity contribution >= 4 is 6.03 Å². The van der Waals surface area contributed by atoms with E-state index in [0.717, 1.165) is 36.2 Å². The smallest absolute Gasteiger partial charge is 0.317 e. The molecular weight excluding hydrogens is 393 g/mol. The van der Waals surface area contributed by atoms with E-state index in [9.17, 15) is 9.18 Å². The summed E-state index contributed by atoms with van der Waals surface area (Å²) in [6, 6.07) is 14.4. The molecule has 0 bridgehead atoms. The van der Waals surface area contributed by atoms with Crippen molar-refractivity contribution < 1.29 is 13.9 Å². The molecule has 2 amide bonds. The van der Waals surface area contributed by atoms with Crippen molar-refractivity contribution in [3.63, 3.8) is 0 Å². The first-order chi connectivity index (χ1) is 14.9. The molecule has 2 aromatic rings. The van der Waals surface area contributed by atoms with Crippen LogP contribution in [0.2, 0.25) is 0 Å². The fourth-order valence-electron chi connectivity index (χ4n) is 3.82. The molecular formula is C25H34FN3O2. The van der Waals surface area contributed by atoms with Gasteiger partial charge in [-0.15, -0.1) is 0 Å². The highest BCUT2D eigenvalue weighted by molar-refractivity contribution is 5.74. The maximum Gasteiger partial charge on any atom is 0.317 e. The van der Waals surface area contributed by atoms with Gasteiger partial charge in [0.2, 0.25) is 0 Å². The second kappa shape index (κ2) is 11.3. The van der Waals surface area contributed by atoms with E-state index >= 15 is 0 Å². The Balaban J connectivity index is 1.58. The van der Waals surface area contributed by atoms with Crippen molar-refractivity contribution in [2.24, 2.45) is 5.92 Å². The largest absolute Gasteiger partial charge is 0.374 e. The lowest BCUT2D eigenvalue weighted by molar-refractivity contribution is 0.0657.